The fourth-order valence-corrected chi connectivity index (χ4v) is 4.07. The molecule has 0 bridgehead atoms. The number of aryl methyl sites for hydroxylation is 1. The molecule has 4 rings (SSSR count). The molecule has 172 valence electrons. The zero-order chi connectivity index (χ0) is 23.2. The molecule has 0 spiro atoms. The molecule has 33 heavy (non-hydrogen) atoms. The monoisotopic (exact) mass is 447 g/mol. The van der Waals surface area contributed by atoms with Gasteiger partial charge in [0.1, 0.15) is 5.69 Å². The molecular weight excluding hydrogens is 418 g/mol. The first-order chi connectivity index (χ1) is 16.1. The van der Waals surface area contributed by atoms with Crippen LogP contribution in [0.2, 0.25) is 0 Å². The molecule has 1 aromatic heterocycles. The van der Waals surface area contributed by atoms with Crippen LogP contribution in [0.5, 0.6) is 0 Å². The van der Waals surface area contributed by atoms with E-state index in [0.717, 1.165) is 40.2 Å². The van der Waals surface area contributed by atoms with E-state index in [2.05, 4.69) is 15.6 Å². The minimum atomic E-state index is -0.151. The number of nitrogens with one attached hydrogen (secondary N) is 1. The molecule has 1 N–H and O–H groups in total. The molecule has 3 aromatic rings. The number of benzene rings is 2. The molecule has 0 aliphatic carbocycles. The van der Waals surface area contributed by atoms with E-state index in [1.54, 1.807) is 9.58 Å². The molecule has 2 aromatic carbocycles. The number of nitrogens with zero attached hydrogens (tertiary/aromatic N) is 4. The number of anilines is 1. The third-order valence-corrected chi connectivity index (χ3v) is 5.66. The van der Waals surface area contributed by atoms with Crippen molar-refractivity contribution in [3.05, 3.63) is 54.1 Å². The second kappa shape index (κ2) is 10.4. The number of amides is 2. The van der Waals surface area contributed by atoms with Gasteiger partial charge in [-0.3, -0.25) is 9.59 Å². The number of hydrogen-bond acceptors (Lipinski definition) is 5. The maximum atomic E-state index is 13.4. The summed E-state index contributed by atoms with van der Waals surface area (Å²) in [5.74, 6) is -0.254. The largest absolute Gasteiger partial charge is 0.380 e. The van der Waals surface area contributed by atoms with Gasteiger partial charge in [-0.1, -0.05) is 54.6 Å². The Bertz CT molecular complexity index is 1140. The Morgan fingerprint density at radius 3 is 2.61 bits per heavy atom. The van der Waals surface area contributed by atoms with E-state index in [0.29, 0.717) is 26.3 Å². The second-order valence-corrected chi connectivity index (χ2v) is 8.03. The molecule has 0 saturated heterocycles. The lowest BCUT2D eigenvalue weighted by Gasteiger charge is -2.28. The lowest BCUT2D eigenvalue weighted by molar-refractivity contribution is -0.125. The van der Waals surface area contributed by atoms with E-state index in [9.17, 15) is 9.59 Å². The summed E-state index contributed by atoms with van der Waals surface area (Å²) in [6.07, 6.45) is 1.19. The molecule has 8 nitrogen and oxygen atoms in total. The molecule has 1 aliphatic heterocycles. The van der Waals surface area contributed by atoms with Crippen molar-refractivity contribution in [2.75, 3.05) is 24.7 Å². The van der Waals surface area contributed by atoms with Crippen molar-refractivity contribution in [3.8, 4) is 22.5 Å². The number of carbonyl (C=O) groups excluding carboxylic acids is 2. The van der Waals surface area contributed by atoms with E-state index >= 15 is 0 Å². The maximum Gasteiger partial charge on any atom is 0.227 e. The number of rotatable bonds is 8. The van der Waals surface area contributed by atoms with Gasteiger partial charge < -0.3 is 15.0 Å². The predicted octanol–water partition coefficient (Wildman–Crippen LogP) is 3.32. The predicted molar refractivity (Wildman–Crippen MR) is 126 cm³/mol. The SMILES string of the molecule is CCCOCCNC(=O)CCC(=O)N1Cc2ccccc2-c2nnn(C)c2-c2ccccc21. The minimum absolute atomic E-state index is 0.104. The summed E-state index contributed by atoms with van der Waals surface area (Å²) in [6.45, 7) is 4.04. The first-order valence-corrected chi connectivity index (χ1v) is 11.3. The molecule has 8 heteroatoms. The molecule has 0 unspecified atom stereocenters. The molecule has 1 aliphatic rings. The topological polar surface area (TPSA) is 89.3 Å². The Labute approximate surface area is 193 Å². The standard InChI is InChI=1S/C25H29N5O3/c1-3-15-33-16-14-26-22(31)12-13-23(32)30-17-18-8-4-5-9-19(18)24-25(29(2)28-27-24)20-10-6-7-11-21(20)30/h4-11H,3,12-17H2,1-2H3,(H,26,31). The quantitative estimate of drug-likeness (QED) is 0.535. The summed E-state index contributed by atoms with van der Waals surface area (Å²) < 4.78 is 7.12. The van der Waals surface area contributed by atoms with Crippen LogP contribution in [0.25, 0.3) is 22.5 Å². The third-order valence-electron chi connectivity index (χ3n) is 5.66. The Hall–Kier alpha value is -3.52. The van der Waals surface area contributed by atoms with Gasteiger partial charge in [0.15, 0.2) is 0 Å². The average molecular weight is 448 g/mol. The van der Waals surface area contributed by atoms with Crippen molar-refractivity contribution in [1.29, 1.82) is 0 Å². The van der Waals surface area contributed by atoms with Gasteiger partial charge in [-0.25, -0.2) is 4.68 Å². The highest BCUT2D eigenvalue weighted by Gasteiger charge is 2.28. The van der Waals surface area contributed by atoms with Crippen molar-refractivity contribution >= 4 is 17.5 Å². The zero-order valence-corrected chi connectivity index (χ0v) is 19.1. The number of ether oxygens (including phenoxy) is 1. The fraction of sp³-hybridized carbons (Fsp3) is 0.360. The smallest absolute Gasteiger partial charge is 0.227 e. The van der Waals surface area contributed by atoms with Crippen molar-refractivity contribution in [3.63, 3.8) is 0 Å². The number of aromatic nitrogens is 3. The second-order valence-electron chi connectivity index (χ2n) is 8.03. The van der Waals surface area contributed by atoms with Crippen molar-refractivity contribution in [1.82, 2.24) is 20.3 Å². The molecular formula is C25H29N5O3. The van der Waals surface area contributed by atoms with E-state index < -0.39 is 0 Å². The average Bonchev–Trinajstić information content (AvgIpc) is 3.20. The Kier molecular flexibility index (Phi) is 7.14. The summed E-state index contributed by atoms with van der Waals surface area (Å²) in [6, 6.07) is 15.7. The van der Waals surface area contributed by atoms with Crippen LogP contribution < -0.4 is 10.2 Å². The molecule has 0 fully saturated rings. The Balaban J connectivity index is 1.57. The van der Waals surface area contributed by atoms with E-state index in [-0.39, 0.29) is 24.7 Å². The van der Waals surface area contributed by atoms with Crippen LogP contribution in [0.3, 0.4) is 0 Å². The molecule has 2 heterocycles. The highest BCUT2D eigenvalue weighted by Crippen LogP contribution is 2.40. The summed E-state index contributed by atoms with van der Waals surface area (Å²) in [5, 5.41) is 11.5. The highest BCUT2D eigenvalue weighted by molar-refractivity contribution is 6.01. The van der Waals surface area contributed by atoms with Crippen LogP contribution in [-0.2, 0) is 27.9 Å². The molecule has 2 amide bonds. The van der Waals surface area contributed by atoms with E-state index in [1.165, 1.54) is 0 Å². The van der Waals surface area contributed by atoms with Gasteiger partial charge in [0.2, 0.25) is 11.8 Å². The fourth-order valence-electron chi connectivity index (χ4n) is 4.07. The van der Waals surface area contributed by atoms with E-state index in [4.69, 9.17) is 4.74 Å². The Morgan fingerprint density at radius 2 is 1.79 bits per heavy atom. The van der Waals surface area contributed by atoms with Crippen molar-refractivity contribution in [2.24, 2.45) is 7.05 Å². The maximum absolute atomic E-state index is 13.4. The first-order valence-electron chi connectivity index (χ1n) is 11.3. The van der Waals surface area contributed by atoms with Gasteiger partial charge in [-0.05, 0) is 18.1 Å². The van der Waals surface area contributed by atoms with Crippen LogP contribution in [0.4, 0.5) is 5.69 Å². The lowest BCUT2D eigenvalue weighted by atomic mass is 9.95. The van der Waals surface area contributed by atoms with Crippen molar-refractivity contribution < 1.29 is 14.3 Å². The van der Waals surface area contributed by atoms with Gasteiger partial charge in [-0.15, -0.1) is 5.10 Å². The zero-order valence-electron chi connectivity index (χ0n) is 19.1. The third kappa shape index (κ3) is 4.96. The highest BCUT2D eigenvalue weighted by atomic mass is 16.5. The summed E-state index contributed by atoms with van der Waals surface area (Å²) in [7, 11) is 1.85. The van der Waals surface area contributed by atoms with Gasteiger partial charge in [-0.2, -0.15) is 0 Å². The summed E-state index contributed by atoms with van der Waals surface area (Å²) >= 11 is 0. The summed E-state index contributed by atoms with van der Waals surface area (Å²) in [5.41, 5.74) is 5.28. The number of fused-ring (bicyclic) bond motifs is 5. The van der Waals surface area contributed by atoms with Gasteiger partial charge >= 0.3 is 0 Å². The van der Waals surface area contributed by atoms with Crippen LogP contribution in [-0.4, -0.2) is 46.6 Å². The summed E-state index contributed by atoms with van der Waals surface area (Å²) in [4.78, 5) is 27.4. The van der Waals surface area contributed by atoms with Gasteiger partial charge in [0.05, 0.1) is 24.5 Å². The number of para-hydroxylation sites is 1. The molecule has 0 atom stereocenters. The van der Waals surface area contributed by atoms with Crippen LogP contribution in [0.1, 0.15) is 31.7 Å². The van der Waals surface area contributed by atoms with Crippen LogP contribution in [0.15, 0.2) is 48.5 Å². The Morgan fingerprint density at radius 1 is 1.03 bits per heavy atom. The first kappa shape index (κ1) is 22.7. The lowest BCUT2D eigenvalue weighted by Crippen LogP contribution is -2.33. The van der Waals surface area contributed by atoms with E-state index in [1.807, 2.05) is 62.5 Å². The number of hydrogen-bond donors (Lipinski definition) is 1. The minimum Gasteiger partial charge on any atom is -0.380 e. The van der Waals surface area contributed by atoms with Crippen molar-refractivity contribution in [2.45, 2.75) is 32.7 Å². The van der Waals surface area contributed by atoms with Crippen LogP contribution in [0, 0.1) is 0 Å². The van der Waals surface area contributed by atoms with Gasteiger partial charge in [0, 0.05) is 44.2 Å². The molecule has 0 saturated carbocycles. The van der Waals surface area contributed by atoms with Gasteiger partial charge in [0.25, 0.3) is 0 Å². The molecule has 0 radical (unpaired) electrons. The van der Waals surface area contributed by atoms with Crippen LogP contribution >= 0.6 is 0 Å². The normalized spacial score (nSPS) is 12.2. The number of carbonyl (C=O) groups is 2.